The highest BCUT2D eigenvalue weighted by atomic mass is 35.5. The van der Waals surface area contributed by atoms with Gasteiger partial charge in [-0.15, -0.1) is 0 Å². The zero-order valence-corrected chi connectivity index (χ0v) is 21.5. The molecule has 0 spiro atoms. The Hall–Kier alpha value is -3.06. The van der Waals surface area contributed by atoms with Crippen LogP contribution in [0.3, 0.4) is 0 Å². The van der Waals surface area contributed by atoms with Crippen molar-refractivity contribution in [1.29, 1.82) is 0 Å². The molecule has 0 unspecified atom stereocenters. The number of hydrogen-bond acceptors (Lipinski definition) is 4. The minimum atomic E-state index is -0.419. The minimum Gasteiger partial charge on any atom is -0.491 e. The number of nitrogens with one attached hydrogen (secondary N) is 1. The van der Waals surface area contributed by atoms with Crippen molar-refractivity contribution in [3.63, 3.8) is 0 Å². The first kappa shape index (κ1) is 25.0. The van der Waals surface area contributed by atoms with Crippen LogP contribution in [0.5, 0.6) is 5.75 Å². The van der Waals surface area contributed by atoms with Gasteiger partial charge in [0.1, 0.15) is 5.75 Å². The second-order valence-corrected chi connectivity index (χ2v) is 10.2. The molecular weight excluding hydrogens is 464 g/mol. The molecule has 186 valence electrons. The second-order valence-electron chi connectivity index (χ2n) is 9.76. The molecule has 0 aliphatic heterocycles. The number of aromatic nitrogens is 3. The molecule has 1 aliphatic rings. The van der Waals surface area contributed by atoms with Crippen LogP contribution < -0.4 is 21.7 Å². The maximum atomic E-state index is 13.7. The Morgan fingerprint density at radius 3 is 2.40 bits per heavy atom. The van der Waals surface area contributed by atoms with E-state index in [-0.39, 0.29) is 30.0 Å². The van der Waals surface area contributed by atoms with Gasteiger partial charge in [0, 0.05) is 11.1 Å². The van der Waals surface area contributed by atoms with Crippen molar-refractivity contribution in [2.45, 2.75) is 72.1 Å². The van der Waals surface area contributed by atoms with Gasteiger partial charge in [0.2, 0.25) is 5.62 Å². The summed E-state index contributed by atoms with van der Waals surface area (Å²) in [5.74, 6) is 1.39. The molecule has 1 saturated carbocycles. The number of hydrogen-bond donors (Lipinski definition) is 1. The van der Waals surface area contributed by atoms with E-state index in [0.29, 0.717) is 16.6 Å². The number of ether oxygens (including phenoxy) is 1. The van der Waals surface area contributed by atoms with Crippen LogP contribution in [0.4, 0.5) is 5.69 Å². The first-order valence-corrected chi connectivity index (χ1v) is 12.6. The van der Waals surface area contributed by atoms with Gasteiger partial charge in [-0.05, 0) is 93.8 Å². The Morgan fingerprint density at radius 1 is 1.09 bits per heavy atom. The molecule has 1 N–H and O–H groups in total. The largest absolute Gasteiger partial charge is 0.491 e. The van der Waals surface area contributed by atoms with Crippen molar-refractivity contribution >= 4 is 17.3 Å². The summed E-state index contributed by atoms with van der Waals surface area (Å²) in [7, 11) is 0. The van der Waals surface area contributed by atoms with E-state index in [4.69, 9.17) is 16.3 Å². The number of aryl methyl sites for hydroxylation is 1. The molecule has 4 rings (SSSR count). The molecule has 8 heteroatoms. The normalized spacial score (nSPS) is 18.7. The Morgan fingerprint density at radius 2 is 1.77 bits per heavy atom. The van der Waals surface area contributed by atoms with Crippen LogP contribution in [0, 0.1) is 12.8 Å². The molecule has 0 amide bonds. The predicted molar refractivity (Wildman–Crippen MR) is 139 cm³/mol. The van der Waals surface area contributed by atoms with Crippen molar-refractivity contribution in [1.82, 2.24) is 14.1 Å². The summed E-state index contributed by atoms with van der Waals surface area (Å²) >= 11 is 6.05. The number of rotatable bonds is 6. The number of H-pyrrole nitrogens is 1. The average Bonchev–Trinajstić information content (AvgIpc) is 2.80. The average molecular weight is 497 g/mol. The van der Waals surface area contributed by atoms with Gasteiger partial charge in [-0.3, -0.25) is 9.55 Å². The van der Waals surface area contributed by atoms with E-state index in [1.54, 1.807) is 12.1 Å². The van der Waals surface area contributed by atoms with E-state index in [1.165, 1.54) is 9.13 Å². The topological polar surface area (TPSA) is 81.4 Å². The highest BCUT2D eigenvalue weighted by Crippen LogP contribution is 2.30. The van der Waals surface area contributed by atoms with E-state index < -0.39 is 5.69 Å². The molecule has 0 bridgehead atoms. The highest BCUT2D eigenvalue weighted by Gasteiger charge is 2.23. The lowest BCUT2D eigenvalue weighted by atomic mass is 9.87. The maximum absolute atomic E-state index is 13.7. The van der Waals surface area contributed by atoms with Gasteiger partial charge >= 0.3 is 11.4 Å². The summed E-state index contributed by atoms with van der Waals surface area (Å²) in [5, 5.41) is 0.623. The Kier molecular flexibility index (Phi) is 7.65. The smallest absolute Gasteiger partial charge is 0.335 e. The van der Waals surface area contributed by atoms with Gasteiger partial charge in [0.15, 0.2) is 0 Å². The van der Waals surface area contributed by atoms with E-state index in [1.807, 2.05) is 51.1 Å². The SMILES string of the molecule is Cc1cc(/N=c2\[nH]c(=O)n(C3CCC(C)CC3)c(=O)n2Cc2ccc(Cl)cc2)ccc1OC(C)C. The molecule has 1 fully saturated rings. The molecule has 0 saturated heterocycles. The lowest BCUT2D eigenvalue weighted by Crippen LogP contribution is -2.51. The zero-order valence-electron chi connectivity index (χ0n) is 20.8. The van der Waals surface area contributed by atoms with Crippen LogP contribution in [0.2, 0.25) is 5.02 Å². The molecule has 0 atom stereocenters. The van der Waals surface area contributed by atoms with E-state index >= 15 is 0 Å². The van der Waals surface area contributed by atoms with E-state index in [9.17, 15) is 9.59 Å². The number of nitrogens with zero attached hydrogens (tertiary/aromatic N) is 3. The third-order valence-corrected chi connectivity index (χ3v) is 6.74. The molecule has 2 aromatic carbocycles. The van der Waals surface area contributed by atoms with Crippen LogP contribution in [0.25, 0.3) is 0 Å². The van der Waals surface area contributed by atoms with Crippen molar-refractivity contribution in [2.75, 3.05) is 0 Å². The fourth-order valence-electron chi connectivity index (χ4n) is 4.57. The standard InChI is InChI=1S/C27H33ClN4O3/c1-17(2)35-24-14-11-22(15-19(24)4)29-25-30-26(33)32(23-12-5-18(3)6-13-23)27(34)31(25)16-20-7-9-21(28)10-8-20/h7-11,14-15,17-18,23H,5-6,12-13,16H2,1-4H3,(H,29,30,33). The van der Waals surface area contributed by atoms with Gasteiger partial charge in [-0.2, -0.15) is 0 Å². The lowest BCUT2D eigenvalue weighted by molar-refractivity contribution is 0.241. The summed E-state index contributed by atoms with van der Waals surface area (Å²) in [6, 6.07) is 12.8. The second kappa shape index (κ2) is 10.7. The van der Waals surface area contributed by atoms with Gasteiger partial charge < -0.3 is 4.74 Å². The van der Waals surface area contributed by atoms with Gasteiger partial charge in [0.05, 0.1) is 18.3 Å². The third kappa shape index (κ3) is 5.96. The first-order valence-electron chi connectivity index (χ1n) is 12.2. The Balaban J connectivity index is 1.82. The molecular formula is C27H33ClN4O3. The quantitative estimate of drug-likeness (QED) is 0.514. The molecule has 7 nitrogen and oxygen atoms in total. The van der Waals surface area contributed by atoms with Crippen molar-refractivity contribution in [3.8, 4) is 5.75 Å². The van der Waals surface area contributed by atoms with Crippen LogP contribution in [0.15, 0.2) is 57.0 Å². The Bertz CT molecular complexity index is 1360. The van der Waals surface area contributed by atoms with Crippen LogP contribution in [-0.2, 0) is 6.54 Å². The molecule has 0 radical (unpaired) electrons. The summed E-state index contributed by atoms with van der Waals surface area (Å²) < 4.78 is 8.74. The van der Waals surface area contributed by atoms with Crippen molar-refractivity contribution in [3.05, 3.63) is 85.2 Å². The van der Waals surface area contributed by atoms with E-state index in [0.717, 1.165) is 42.6 Å². The number of benzene rings is 2. The Labute approximate surface area is 210 Å². The van der Waals surface area contributed by atoms with Crippen molar-refractivity contribution < 1.29 is 4.74 Å². The highest BCUT2D eigenvalue weighted by molar-refractivity contribution is 6.30. The maximum Gasteiger partial charge on any atom is 0.335 e. The predicted octanol–water partition coefficient (Wildman–Crippen LogP) is 5.12. The van der Waals surface area contributed by atoms with Crippen LogP contribution >= 0.6 is 11.6 Å². The molecule has 1 heterocycles. The summed E-state index contributed by atoms with van der Waals surface area (Å²) in [5.41, 5.74) is 1.89. The molecule has 1 aromatic heterocycles. The fourth-order valence-corrected chi connectivity index (χ4v) is 4.69. The molecule has 1 aliphatic carbocycles. The minimum absolute atomic E-state index is 0.0599. The first-order chi connectivity index (χ1) is 16.7. The van der Waals surface area contributed by atoms with Gasteiger partial charge in [-0.25, -0.2) is 19.1 Å². The monoisotopic (exact) mass is 496 g/mol. The summed E-state index contributed by atoms with van der Waals surface area (Å²) in [6.45, 7) is 8.38. The van der Waals surface area contributed by atoms with Gasteiger partial charge in [0.25, 0.3) is 0 Å². The van der Waals surface area contributed by atoms with Crippen LogP contribution in [0.1, 0.15) is 63.6 Å². The summed E-state index contributed by atoms with van der Waals surface area (Å²) in [6.07, 6.45) is 3.70. The van der Waals surface area contributed by atoms with Gasteiger partial charge in [-0.1, -0.05) is 30.7 Å². The molecule has 3 aromatic rings. The number of halogens is 1. The van der Waals surface area contributed by atoms with Crippen LogP contribution in [-0.4, -0.2) is 20.2 Å². The zero-order chi connectivity index (χ0) is 25.1. The molecule has 35 heavy (non-hydrogen) atoms. The van der Waals surface area contributed by atoms with E-state index in [2.05, 4.69) is 16.9 Å². The summed E-state index contributed by atoms with van der Waals surface area (Å²) in [4.78, 5) is 34.4. The van der Waals surface area contributed by atoms with Crippen molar-refractivity contribution in [2.24, 2.45) is 10.9 Å². The number of aromatic amines is 1. The lowest BCUT2D eigenvalue weighted by Gasteiger charge is -2.27. The fraction of sp³-hybridized carbons (Fsp3) is 0.444. The third-order valence-electron chi connectivity index (χ3n) is 6.49.